The monoisotopic (exact) mass is 794 g/mol. The molecule has 2 heterocycles. The van der Waals surface area contributed by atoms with Crippen LogP contribution in [0.25, 0.3) is 45.2 Å². The third-order valence-electron chi connectivity index (χ3n) is 8.39. The lowest BCUT2D eigenvalue weighted by Crippen LogP contribution is -2.52. The molecule has 0 aliphatic rings. The Hall–Kier alpha value is -7.84. The van der Waals surface area contributed by atoms with Gasteiger partial charge < -0.3 is 26.0 Å². The lowest BCUT2D eigenvalue weighted by Gasteiger charge is -2.31. The summed E-state index contributed by atoms with van der Waals surface area (Å²) in [4.78, 5) is 66.6. The van der Waals surface area contributed by atoms with Crippen LogP contribution in [0.3, 0.4) is 0 Å². The summed E-state index contributed by atoms with van der Waals surface area (Å²) in [7, 11) is 0. The van der Waals surface area contributed by atoms with E-state index in [1.807, 2.05) is 6.92 Å². The summed E-state index contributed by atoms with van der Waals surface area (Å²) in [5, 5.41) is 18.1. The summed E-state index contributed by atoms with van der Waals surface area (Å²) >= 11 is 0. The van der Waals surface area contributed by atoms with Gasteiger partial charge >= 0.3 is 0 Å². The van der Waals surface area contributed by atoms with Crippen molar-refractivity contribution in [3.05, 3.63) is 164 Å². The third-order valence-corrected chi connectivity index (χ3v) is 8.39. The molecule has 0 radical (unpaired) electrons. The number of aromatic nitrogens is 2. The molecule has 59 heavy (non-hydrogen) atoms. The zero-order valence-corrected chi connectivity index (χ0v) is 32.5. The smallest absolute Gasteiger partial charge is 0.268 e. The molecule has 2 unspecified atom stereocenters. The van der Waals surface area contributed by atoms with Crippen molar-refractivity contribution < 1.29 is 23.9 Å². The Morgan fingerprint density at radius 1 is 0.746 bits per heavy atom. The average molecular weight is 795 g/mol. The van der Waals surface area contributed by atoms with Gasteiger partial charge in [-0.3, -0.25) is 29.1 Å². The van der Waals surface area contributed by atoms with E-state index in [1.165, 1.54) is 24.3 Å². The predicted molar refractivity (Wildman–Crippen MR) is 225 cm³/mol. The van der Waals surface area contributed by atoms with Gasteiger partial charge in [0.2, 0.25) is 11.8 Å². The molecule has 4 N–H and O–H groups in total. The van der Waals surface area contributed by atoms with Crippen LogP contribution in [0.1, 0.15) is 49.4 Å². The van der Waals surface area contributed by atoms with Crippen molar-refractivity contribution in [2.45, 2.75) is 38.8 Å². The lowest BCUT2D eigenvalue weighted by molar-refractivity contribution is -0.123. The number of ether oxygens (including phenoxy) is 1. The second-order valence-corrected chi connectivity index (χ2v) is 13.1. The fourth-order valence-electron chi connectivity index (χ4n) is 4.96. The maximum absolute atomic E-state index is 13.7. The molecule has 0 saturated carbocycles. The Balaban J connectivity index is 1.38. The number of rotatable bonds is 19. The van der Waals surface area contributed by atoms with Crippen LogP contribution in [0.15, 0.2) is 131 Å². The zero-order chi connectivity index (χ0) is 42.5. The molecule has 2 aromatic heterocycles. The van der Waals surface area contributed by atoms with Crippen LogP contribution in [0.5, 0.6) is 0 Å². The summed E-state index contributed by atoms with van der Waals surface area (Å²) in [5.74, 6) is -2.26. The van der Waals surface area contributed by atoms with E-state index in [0.717, 1.165) is 0 Å². The van der Waals surface area contributed by atoms with Crippen LogP contribution in [-0.2, 0) is 23.9 Å². The first kappa shape index (κ1) is 43.9. The summed E-state index contributed by atoms with van der Waals surface area (Å²) < 4.78 is 6.09. The number of carbonyl (C=O) groups is 4. The molecule has 17 nitrogen and oxygen atoms in total. The summed E-state index contributed by atoms with van der Waals surface area (Å²) in [6, 6.07) is 20.0. The number of pyridine rings is 2. The molecule has 0 spiro atoms. The van der Waals surface area contributed by atoms with E-state index in [-0.39, 0.29) is 24.5 Å². The fourth-order valence-corrected chi connectivity index (χ4v) is 4.96. The maximum Gasteiger partial charge on any atom is 0.268 e. The van der Waals surface area contributed by atoms with Crippen molar-refractivity contribution in [2.75, 3.05) is 13.2 Å². The van der Waals surface area contributed by atoms with Gasteiger partial charge in [0.15, 0.2) is 0 Å². The molecule has 2 aromatic carbocycles. The number of nitrogens with zero attached hydrogens (tertiary/aromatic N) is 8. The van der Waals surface area contributed by atoms with Gasteiger partial charge in [-0.25, -0.2) is 0 Å². The highest BCUT2D eigenvalue weighted by Crippen LogP contribution is 2.17. The molecular weight excluding hydrogens is 753 g/mol. The highest BCUT2D eigenvalue weighted by atomic mass is 16.5. The predicted octanol–water partition coefficient (Wildman–Crippen LogP) is 7.21. The first-order valence-corrected chi connectivity index (χ1v) is 18.2. The summed E-state index contributed by atoms with van der Waals surface area (Å²) in [6.07, 6.45) is 14.8. The number of hydrogen-bond donors (Lipinski definition) is 4. The SMILES string of the molecule is CCC(C)(COC(C)CNC(=O)/C(=C/c1cccnc1)NC(=O)/C=C/c1ccc(N=[N+]=[N-])cc1)NC(=O)/C(=C/c1cccnc1)NC(=O)/C=C/c1ccc(N=[N+]=[N-])cc1. The molecule has 4 rings (SSSR count). The quantitative estimate of drug-likeness (QED) is 0.0328. The van der Waals surface area contributed by atoms with Crippen molar-refractivity contribution in [1.29, 1.82) is 0 Å². The van der Waals surface area contributed by atoms with E-state index >= 15 is 0 Å². The number of benzene rings is 2. The second kappa shape index (κ2) is 22.6. The number of nitrogens with one attached hydrogen (secondary N) is 4. The Labute approximate surface area is 340 Å². The van der Waals surface area contributed by atoms with Crippen molar-refractivity contribution in [3.8, 4) is 0 Å². The van der Waals surface area contributed by atoms with Gasteiger partial charge in [0.05, 0.1) is 18.2 Å². The van der Waals surface area contributed by atoms with Crippen LogP contribution in [-0.4, -0.2) is 58.4 Å². The Kier molecular flexibility index (Phi) is 16.8. The molecule has 4 amide bonds. The standard InChI is InChI=1S/C42H42N12O5/c1-4-42(3,50-41(58)37(24-33-8-6-22-46-27-33)49-39(56)20-14-31-11-17-35(18-12-31)52-54-44)28-59-29(2)25-47-40(57)36(23-32-7-5-21-45-26-32)48-38(55)19-13-30-9-15-34(16-10-30)51-53-43/h5-24,26-27,29H,4,25,28H2,1-3H3,(H,47,57)(H,48,55)(H,49,56)(H,50,58)/b19-13+,20-14+,36-23-,37-24-. The van der Waals surface area contributed by atoms with Crippen LogP contribution in [0, 0.1) is 0 Å². The highest BCUT2D eigenvalue weighted by Gasteiger charge is 2.28. The third kappa shape index (κ3) is 15.3. The van der Waals surface area contributed by atoms with Crippen molar-refractivity contribution in [1.82, 2.24) is 31.2 Å². The van der Waals surface area contributed by atoms with Crippen LogP contribution < -0.4 is 21.3 Å². The first-order chi connectivity index (χ1) is 28.5. The normalized spacial score (nSPS) is 13.0. The molecular formula is C42H42N12O5. The molecule has 0 saturated heterocycles. The largest absolute Gasteiger partial charge is 0.374 e. The molecule has 2 atom stereocenters. The maximum atomic E-state index is 13.7. The minimum absolute atomic E-state index is 0.0283. The van der Waals surface area contributed by atoms with Gasteiger partial charge in [0.25, 0.3) is 11.8 Å². The fraction of sp³-hybridized carbons (Fsp3) is 0.190. The topological polar surface area (TPSA) is 249 Å². The summed E-state index contributed by atoms with van der Waals surface area (Å²) in [5.41, 5.74) is 19.6. The van der Waals surface area contributed by atoms with E-state index in [0.29, 0.717) is 40.0 Å². The van der Waals surface area contributed by atoms with E-state index < -0.39 is 35.3 Å². The van der Waals surface area contributed by atoms with Crippen molar-refractivity contribution in [2.24, 2.45) is 10.2 Å². The number of amides is 4. The van der Waals surface area contributed by atoms with Crippen LogP contribution in [0.4, 0.5) is 11.4 Å². The first-order valence-electron chi connectivity index (χ1n) is 18.2. The minimum atomic E-state index is -0.896. The van der Waals surface area contributed by atoms with Gasteiger partial charge in [0.1, 0.15) is 11.4 Å². The minimum Gasteiger partial charge on any atom is -0.374 e. The summed E-state index contributed by atoms with van der Waals surface area (Å²) in [6.45, 7) is 5.53. The highest BCUT2D eigenvalue weighted by molar-refractivity contribution is 6.05. The second-order valence-electron chi connectivity index (χ2n) is 13.1. The van der Waals surface area contributed by atoms with E-state index in [4.69, 9.17) is 15.8 Å². The molecule has 0 fully saturated rings. The molecule has 0 aliphatic heterocycles. The van der Waals surface area contributed by atoms with E-state index in [2.05, 4.69) is 51.3 Å². The van der Waals surface area contributed by atoms with Gasteiger partial charge in [-0.05, 0) is 90.0 Å². The van der Waals surface area contributed by atoms with Gasteiger partial charge in [0, 0.05) is 64.7 Å². The van der Waals surface area contributed by atoms with E-state index in [9.17, 15) is 19.2 Å². The van der Waals surface area contributed by atoms with Gasteiger partial charge in [-0.15, -0.1) is 0 Å². The Morgan fingerprint density at radius 3 is 1.64 bits per heavy atom. The Morgan fingerprint density at radius 2 is 1.22 bits per heavy atom. The van der Waals surface area contributed by atoms with Gasteiger partial charge in [-0.2, -0.15) is 0 Å². The molecule has 0 bridgehead atoms. The van der Waals surface area contributed by atoms with E-state index in [1.54, 1.807) is 124 Å². The molecule has 0 aliphatic carbocycles. The number of hydrogen-bond acceptors (Lipinski definition) is 9. The Bertz CT molecular complexity index is 2300. The van der Waals surface area contributed by atoms with Crippen molar-refractivity contribution in [3.63, 3.8) is 0 Å². The number of azide groups is 2. The van der Waals surface area contributed by atoms with Crippen molar-refractivity contribution >= 4 is 59.3 Å². The lowest BCUT2D eigenvalue weighted by atomic mass is 9.99. The average Bonchev–Trinajstić information content (AvgIpc) is 3.25. The molecule has 4 aromatic rings. The van der Waals surface area contributed by atoms with Crippen LogP contribution in [0.2, 0.25) is 0 Å². The zero-order valence-electron chi connectivity index (χ0n) is 32.5. The van der Waals surface area contributed by atoms with Crippen LogP contribution >= 0.6 is 0 Å². The molecule has 300 valence electrons. The van der Waals surface area contributed by atoms with Gasteiger partial charge in [-0.1, -0.05) is 77.8 Å². The molecule has 17 heteroatoms. The number of carbonyl (C=O) groups excluding carboxylic acids is 4.